The molecule has 0 saturated heterocycles. The number of hydrogen-bond acceptors (Lipinski definition) is 7. The van der Waals surface area contributed by atoms with Gasteiger partial charge in [0, 0.05) is 0 Å². The molecule has 0 aliphatic rings. The van der Waals surface area contributed by atoms with Crippen LogP contribution in [0.1, 0.15) is 21.9 Å². The maximum Gasteiger partial charge on any atom is 0.373 e. The van der Waals surface area contributed by atoms with Gasteiger partial charge in [0.25, 0.3) is 0 Å². The lowest BCUT2D eigenvalue weighted by molar-refractivity contribution is 0.0563. The number of hydrogen-bond donors (Lipinski definition) is 0. The van der Waals surface area contributed by atoms with Gasteiger partial charge in [0.05, 0.1) is 18.6 Å². The third-order valence-electron chi connectivity index (χ3n) is 3.11. The number of benzene rings is 1. The third-order valence-corrected chi connectivity index (χ3v) is 4.05. The second-order valence-electron chi connectivity index (χ2n) is 4.76. The van der Waals surface area contributed by atoms with Crippen molar-refractivity contribution in [2.24, 2.45) is 0 Å². The van der Waals surface area contributed by atoms with Gasteiger partial charge in [-0.25, -0.2) is 4.79 Å². The zero-order chi connectivity index (χ0) is 16.2. The summed E-state index contributed by atoms with van der Waals surface area (Å²) < 4.78 is 11.7. The second-order valence-corrected chi connectivity index (χ2v) is 5.70. The van der Waals surface area contributed by atoms with Gasteiger partial charge < -0.3 is 9.15 Å². The number of ether oxygens (including phenoxy) is 1. The number of furan rings is 1. The lowest BCUT2D eigenvalue weighted by atomic mass is 10.2. The Balaban J connectivity index is 1.72. The summed E-state index contributed by atoms with van der Waals surface area (Å²) in [5.41, 5.74) is 2.06. The molecule has 3 rings (SSSR count). The number of carbonyl (C=O) groups excluding carboxylic acids is 1. The fourth-order valence-corrected chi connectivity index (χ4v) is 2.70. The fraction of sp³-hybridized carbons (Fsp3) is 0.200. The largest absolute Gasteiger partial charge is 0.463 e. The molecule has 0 bridgehead atoms. The monoisotopic (exact) mass is 330 g/mol. The van der Waals surface area contributed by atoms with Crippen molar-refractivity contribution in [3.63, 3.8) is 0 Å². The van der Waals surface area contributed by atoms with Crippen LogP contribution in [-0.2, 0) is 10.5 Å². The van der Waals surface area contributed by atoms with E-state index in [9.17, 15) is 4.79 Å². The minimum absolute atomic E-state index is 0.182. The standard InChI is InChI=1S/C15H14N4O3S/c1-10-3-5-11(6-4-10)19-15(16-17-18-19)23-9-12-7-8-13(22-12)14(20)21-2/h3-8H,9H2,1-2H3. The van der Waals surface area contributed by atoms with E-state index in [1.807, 2.05) is 31.2 Å². The van der Waals surface area contributed by atoms with Gasteiger partial charge in [-0.1, -0.05) is 29.5 Å². The van der Waals surface area contributed by atoms with Gasteiger partial charge in [-0.15, -0.1) is 5.10 Å². The number of nitrogens with zero attached hydrogens (tertiary/aromatic N) is 4. The third kappa shape index (κ3) is 3.42. The van der Waals surface area contributed by atoms with Gasteiger partial charge in [0.2, 0.25) is 10.9 Å². The molecule has 8 heteroatoms. The Bertz CT molecular complexity index is 810. The van der Waals surface area contributed by atoms with E-state index in [0.717, 1.165) is 5.69 Å². The minimum Gasteiger partial charge on any atom is -0.463 e. The van der Waals surface area contributed by atoms with Crippen LogP contribution in [0.3, 0.4) is 0 Å². The van der Waals surface area contributed by atoms with Crippen LogP contribution in [0.25, 0.3) is 5.69 Å². The number of thioether (sulfide) groups is 1. The van der Waals surface area contributed by atoms with Crippen LogP contribution in [0.4, 0.5) is 0 Å². The first-order chi connectivity index (χ1) is 11.2. The molecule has 0 unspecified atom stereocenters. The molecule has 0 aliphatic heterocycles. The van der Waals surface area contributed by atoms with Gasteiger partial charge in [-0.3, -0.25) is 0 Å². The second kappa shape index (κ2) is 6.66. The molecule has 0 atom stereocenters. The van der Waals surface area contributed by atoms with E-state index >= 15 is 0 Å². The summed E-state index contributed by atoms with van der Waals surface area (Å²) in [6.45, 7) is 2.02. The minimum atomic E-state index is -0.495. The Kier molecular flexibility index (Phi) is 4.42. The molecule has 0 N–H and O–H groups in total. The predicted octanol–water partition coefficient (Wildman–Crippen LogP) is 2.64. The van der Waals surface area contributed by atoms with E-state index < -0.39 is 5.97 Å². The summed E-state index contributed by atoms with van der Waals surface area (Å²) in [5.74, 6) is 0.837. The van der Waals surface area contributed by atoms with Gasteiger partial charge in [0.1, 0.15) is 5.76 Å². The van der Waals surface area contributed by atoms with Crippen molar-refractivity contribution in [3.8, 4) is 5.69 Å². The summed E-state index contributed by atoms with van der Waals surface area (Å²) >= 11 is 1.42. The zero-order valence-electron chi connectivity index (χ0n) is 12.6. The van der Waals surface area contributed by atoms with Crippen molar-refractivity contribution in [1.82, 2.24) is 20.2 Å². The molecular weight excluding hydrogens is 316 g/mol. The lowest BCUT2D eigenvalue weighted by Gasteiger charge is -2.03. The van der Waals surface area contributed by atoms with Crippen LogP contribution in [0.15, 0.2) is 46.0 Å². The Labute approximate surface area is 136 Å². The number of esters is 1. The number of methoxy groups -OCH3 is 1. The van der Waals surface area contributed by atoms with E-state index in [0.29, 0.717) is 16.7 Å². The Morgan fingerprint density at radius 1 is 1.26 bits per heavy atom. The van der Waals surface area contributed by atoms with Gasteiger partial charge in [-0.2, -0.15) is 4.68 Å². The van der Waals surface area contributed by atoms with Gasteiger partial charge in [-0.05, 0) is 41.6 Å². The highest BCUT2D eigenvalue weighted by molar-refractivity contribution is 7.98. The average molecular weight is 330 g/mol. The number of aryl methyl sites for hydroxylation is 1. The average Bonchev–Trinajstić information content (AvgIpc) is 3.22. The molecule has 1 aromatic carbocycles. The van der Waals surface area contributed by atoms with Crippen molar-refractivity contribution in [2.75, 3.05) is 7.11 Å². The molecule has 0 aliphatic carbocycles. The normalized spacial score (nSPS) is 10.7. The van der Waals surface area contributed by atoms with E-state index in [2.05, 4.69) is 20.3 Å². The molecular formula is C15H14N4O3S. The molecule has 0 saturated carbocycles. The zero-order valence-corrected chi connectivity index (χ0v) is 13.4. The first-order valence-corrected chi connectivity index (χ1v) is 7.81. The number of carbonyl (C=O) groups is 1. The molecule has 0 fully saturated rings. The first kappa shape index (κ1) is 15.3. The maximum atomic E-state index is 11.4. The van der Waals surface area contributed by atoms with Gasteiger partial charge >= 0.3 is 5.97 Å². The van der Waals surface area contributed by atoms with Crippen molar-refractivity contribution < 1.29 is 13.9 Å². The quantitative estimate of drug-likeness (QED) is 0.525. The van der Waals surface area contributed by atoms with E-state index in [-0.39, 0.29) is 5.76 Å². The highest BCUT2D eigenvalue weighted by Crippen LogP contribution is 2.23. The van der Waals surface area contributed by atoms with Crippen molar-refractivity contribution in [2.45, 2.75) is 17.8 Å². The van der Waals surface area contributed by atoms with E-state index in [4.69, 9.17) is 4.42 Å². The maximum absolute atomic E-state index is 11.4. The summed E-state index contributed by atoms with van der Waals surface area (Å²) in [7, 11) is 1.31. The van der Waals surface area contributed by atoms with Crippen LogP contribution in [0, 0.1) is 6.92 Å². The summed E-state index contributed by atoms with van der Waals surface area (Å²) in [6.07, 6.45) is 0. The molecule has 0 amide bonds. The molecule has 0 spiro atoms. The molecule has 7 nitrogen and oxygen atoms in total. The van der Waals surface area contributed by atoms with Crippen LogP contribution in [0.2, 0.25) is 0 Å². The van der Waals surface area contributed by atoms with E-state index in [1.54, 1.807) is 16.8 Å². The van der Waals surface area contributed by atoms with Gasteiger partial charge in [0.15, 0.2) is 0 Å². The molecule has 2 aromatic heterocycles. The van der Waals surface area contributed by atoms with Crippen molar-refractivity contribution in [3.05, 3.63) is 53.5 Å². The first-order valence-electron chi connectivity index (χ1n) is 6.82. The summed E-state index contributed by atoms with van der Waals surface area (Å²) in [4.78, 5) is 11.4. The molecule has 118 valence electrons. The van der Waals surface area contributed by atoms with E-state index in [1.165, 1.54) is 24.4 Å². The molecule has 3 aromatic rings. The number of tetrazole rings is 1. The fourth-order valence-electron chi connectivity index (χ4n) is 1.92. The van der Waals surface area contributed by atoms with Crippen molar-refractivity contribution in [1.29, 1.82) is 0 Å². The Morgan fingerprint density at radius 2 is 2.04 bits per heavy atom. The predicted molar refractivity (Wildman–Crippen MR) is 83.5 cm³/mol. The molecule has 23 heavy (non-hydrogen) atoms. The van der Waals surface area contributed by atoms with Crippen LogP contribution >= 0.6 is 11.8 Å². The topological polar surface area (TPSA) is 83.0 Å². The number of aromatic nitrogens is 4. The Hall–Kier alpha value is -2.61. The van der Waals surface area contributed by atoms with Crippen molar-refractivity contribution >= 4 is 17.7 Å². The highest BCUT2D eigenvalue weighted by Gasteiger charge is 2.13. The lowest BCUT2D eigenvalue weighted by Crippen LogP contribution is -1.99. The summed E-state index contributed by atoms with van der Waals surface area (Å²) in [5, 5.41) is 12.4. The smallest absolute Gasteiger partial charge is 0.373 e. The number of rotatable bonds is 5. The highest BCUT2D eigenvalue weighted by atomic mass is 32.2. The molecule has 2 heterocycles. The Morgan fingerprint density at radius 3 is 2.78 bits per heavy atom. The van der Waals surface area contributed by atoms with Crippen LogP contribution < -0.4 is 0 Å². The van der Waals surface area contributed by atoms with Crippen LogP contribution in [-0.4, -0.2) is 33.3 Å². The summed E-state index contributed by atoms with van der Waals surface area (Å²) in [6, 6.07) is 11.2. The molecule has 0 radical (unpaired) electrons. The van der Waals surface area contributed by atoms with Crippen LogP contribution in [0.5, 0.6) is 0 Å². The SMILES string of the molecule is COC(=O)c1ccc(CSc2nnnn2-c2ccc(C)cc2)o1.